The van der Waals surface area contributed by atoms with Crippen molar-refractivity contribution in [2.24, 2.45) is 0 Å². The Morgan fingerprint density at radius 2 is 1.85 bits per heavy atom. The molecule has 0 N–H and O–H groups in total. The van der Waals surface area contributed by atoms with Gasteiger partial charge in [0.2, 0.25) is 11.2 Å². The quantitative estimate of drug-likeness (QED) is 0.533. The molecule has 5 heteroatoms. The molecule has 0 saturated heterocycles. The SMILES string of the molecule is CCOC(=O)C(CC)(CC)[P+](=O)Cl. The van der Waals surface area contributed by atoms with Gasteiger partial charge in [-0.15, -0.1) is 0 Å². The smallest absolute Gasteiger partial charge is 0.462 e. The maximum absolute atomic E-state index is 11.5. The Balaban J connectivity index is 4.75. The predicted octanol–water partition coefficient (Wildman–Crippen LogP) is 3.09. The zero-order valence-corrected chi connectivity index (χ0v) is 9.82. The Hall–Kier alpha value is -0.140. The van der Waals surface area contributed by atoms with Crippen molar-refractivity contribution in [1.29, 1.82) is 0 Å². The third-order valence-corrected chi connectivity index (χ3v) is 4.62. The van der Waals surface area contributed by atoms with Gasteiger partial charge in [-0.05, 0) is 6.92 Å². The van der Waals surface area contributed by atoms with Gasteiger partial charge in [-0.3, -0.25) is 0 Å². The van der Waals surface area contributed by atoms with Crippen LogP contribution < -0.4 is 0 Å². The van der Waals surface area contributed by atoms with Crippen molar-refractivity contribution >= 4 is 24.4 Å². The summed E-state index contributed by atoms with van der Waals surface area (Å²) in [7, 11) is -2.05. The van der Waals surface area contributed by atoms with Crippen LogP contribution in [0.3, 0.4) is 0 Å². The topological polar surface area (TPSA) is 43.4 Å². The first-order chi connectivity index (χ1) is 6.05. The highest BCUT2D eigenvalue weighted by Gasteiger charge is 2.54. The molecule has 0 saturated carbocycles. The summed E-state index contributed by atoms with van der Waals surface area (Å²) >= 11 is 5.54. The normalized spacial score (nSPS) is 12.5. The molecular weight excluding hydrogens is 211 g/mol. The molecule has 76 valence electrons. The van der Waals surface area contributed by atoms with E-state index in [1.54, 1.807) is 20.8 Å². The molecule has 0 radical (unpaired) electrons. The summed E-state index contributed by atoms with van der Waals surface area (Å²) in [4.78, 5) is 11.5. The van der Waals surface area contributed by atoms with Crippen molar-refractivity contribution in [3.63, 3.8) is 0 Å². The van der Waals surface area contributed by atoms with E-state index >= 15 is 0 Å². The van der Waals surface area contributed by atoms with Crippen molar-refractivity contribution in [2.75, 3.05) is 6.61 Å². The molecule has 13 heavy (non-hydrogen) atoms. The lowest BCUT2D eigenvalue weighted by Gasteiger charge is -2.15. The minimum atomic E-state index is -2.05. The van der Waals surface area contributed by atoms with Crippen LogP contribution in [0, 0.1) is 0 Å². The number of hydrogen-bond donors (Lipinski definition) is 0. The third-order valence-electron chi connectivity index (χ3n) is 2.16. The van der Waals surface area contributed by atoms with Crippen LogP contribution in [0.2, 0.25) is 0 Å². The average molecular weight is 226 g/mol. The molecule has 0 aliphatic carbocycles. The number of hydrogen-bond acceptors (Lipinski definition) is 3. The second kappa shape index (κ2) is 5.56. The standard InChI is InChI=1S/C8H15ClO3P/c1-4-8(5-2,13(9)11)7(10)12-6-3/h4-6H2,1-3H3/q+1. The maximum Gasteiger partial charge on any atom is 0.473 e. The lowest BCUT2D eigenvalue weighted by atomic mass is 10.0. The van der Waals surface area contributed by atoms with Gasteiger partial charge in [0.05, 0.1) is 6.61 Å². The summed E-state index contributed by atoms with van der Waals surface area (Å²) in [5, 5.41) is -0.993. The molecule has 1 atom stereocenters. The Morgan fingerprint density at radius 1 is 1.38 bits per heavy atom. The van der Waals surface area contributed by atoms with Gasteiger partial charge in [0.25, 0.3) is 5.16 Å². The van der Waals surface area contributed by atoms with E-state index < -0.39 is 18.3 Å². The van der Waals surface area contributed by atoms with Crippen molar-refractivity contribution in [3.8, 4) is 0 Å². The minimum Gasteiger partial charge on any atom is -0.462 e. The molecule has 0 heterocycles. The second-order valence-electron chi connectivity index (χ2n) is 2.70. The highest BCUT2D eigenvalue weighted by Crippen LogP contribution is 2.48. The Kier molecular flexibility index (Phi) is 5.50. The summed E-state index contributed by atoms with van der Waals surface area (Å²) in [6.07, 6.45) is 0.891. The molecule has 0 aromatic carbocycles. The molecule has 0 aliphatic heterocycles. The minimum absolute atomic E-state index is 0.292. The Morgan fingerprint density at radius 3 is 2.08 bits per heavy atom. The number of carbonyl (C=O) groups excluding carboxylic acids is 1. The predicted molar refractivity (Wildman–Crippen MR) is 53.4 cm³/mol. The van der Waals surface area contributed by atoms with Crippen LogP contribution in [-0.4, -0.2) is 17.7 Å². The second-order valence-corrected chi connectivity index (χ2v) is 4.97. The van der Waals surface area contributed by atoms with Crippen LogP contribution in [0.4, 0.5) is 0 Å². The molecule has 0 amide bonds. The van der Waals surface area contributed by atoms with E-state index in [0.717, 1.165) is 0 Å². The van der Waals surface area contributed by atoms with E-state index in [4.69, 9.17) is 16.0 Å². The number of halogens is 1. The molecule has 0 bridgehead atoms. The summed E-state index contributed by atoms with van der Waals surface area (Å²) in [5.41, 5.74) is 0. The van der Waals surface area contributed by atoms with E-state index in [1.165, 1.54) is 0 Å². The summed E-state index contributed by atoms with van der Waals surface area (Å²) in [6.45, 7) is 5.59. The number of carbonyl (C=O) groups is 1. The monoisotopic (exact) mass is 225 g/mol. The largest absolute Gasteiger partial charge is 0.473 e. The lowest BCUT2D eigenvalue weighted by molar-refractivity contribution is -0.146. The van der Waals surface area contributed by atoms with Crippen LogP contribution >= 0.6 is 18.4 Å². The van der Waals surface area contributed by atoms with Crippen LogP contribution in [0.1, 0.15) is 33.6 Å². The van der Waals surface area contributed by atoms with Gasteiger partial charge >= 0.3 is 13.1 Å². The lowest BCUT2D eigenvalue weighted by Crippen LogP contribution is -2.34. The molecule has 0 aromatic heterocycles. The average Bonchev–Trinajstić information content (AvgIpc) is 2.07. The van der Waals surface area contributed by atoms with E-state index in [0.29, 0.717) is 19.4 Å². The van der Waals surface area contributed by atoms with Gasteiger partial charge in [0, 0.05) is 12.8 Å². The highest BCUT2D eigenvalue weighted by atomic mass is 35.7. The summed E-state index contributed by atoms with van der Waals surface area (Å²) < 4.78 is 16.1. The molecule has 0 spiro atoms. The molecule has 3 nitrogen and oxygen atoms in total. The molecule has 0 aliphatic rings. The van der Waals surface area contributed by atoms with E-state index in [1.807, 2.05) is 0 Å². The van der Waals surface area contributed by atoms with Crippen LogP contribution in [0.5, 0.6) is 0 Å². The number of esters is 1. The first-order valence-corrected chi connectivity index (χ1v) is 6.52. The molecule has 0 rings (SSSR count). The van der Waals surface area contributed by atoms with Crippen molar-refractivity contribution in [1.82, 2.24) is 0 Å². The summed E-state index contributed by atoms with van der Waals surface area (Å²) in [5.74, 6) is -0.448. The maximum atomic E-state index is 11.5. The van der Waals surface area contributed by atoms with Crippen molar-refractivity contribution < 1.29 is 14.1 Å². The zero-order valence-electron chi connectivity index (χ0n) is 8.17. The molecule has 1 unspecified atom stereocenters. The fourth-order valence-corrected chi connectivity index (χ4v) is 2.75. The van der Waals surface area contributed by atoms with Crippen LogP contribution in [0.25, 0.3) is 0 Å². The Labute approximate surface area is 84.4 Å². The fourth-order valence-electron chi connectivity index (χ4n) is 1.12. The van der Waals surface area contributed by atoms with Gasteiger partial charge in [0.1, 0.15) is 0 Å². The van der Waals surface area contributed by atoms with Gasteiger partial charge in [0.15, 0.2) is 0 Å². The Bertz CT molecular complexity index is 202. The zero-order chi connectivity index (χ0) is 10.5. The molecular formula is C8H15ClO3P+. The van der Waals surface area contributed by atoms with Gasteiger partial charge in [-0.1, -0.05) is 18.4 Å². The summed E-state index contributed by atoms with van der Waals surface area (Å²) in [6, 6.07) is 0. The van der Waals surface area contributed by atoms with Crippen molar-refractivity contribution in [3.05, 3.63) is 0 Å². The molecule has 0 aromatic rings. The number of rotatable bonds is 5. The highest BCUT2D eigenvalue weighted by molar-refractivity contribution is 7.75. The van der Waals surface area contributed by atoms with E-state index in [2.05, 4.69) is 0 Å². The molecule has 0 fully saturated rings. The van der Waals surface area contributed by atoms with Gasteiger partial charge in [-0.25, -0.2) is 4.79 Å². The number of ether oxygens (including phenoxy) is 1. The van der Waals surface area contributed by atoms with E-state index in [-0.39, 0.29) is 0 Å². The first-order valence-electron chi connectivity index (χ1n) is 4.35. The van der Waals surface area contributed by atoms with Crippen LogP contribution in [0.15, 0.2) is 0 Å². The fraction of sp³-hybridized carbons (Fsp3) is 0.875. The van der Waals surface area contributed by atoms with Gasteiger partial charge < -0.3 is 4.74 Å². The first kappa shape index (κ1) is 12.9. The van der Waals surface area contributed by atoms with Crippen molar-refractivity contribution in [2.45, 2.75) is 38.8 Å². The van der Waals surface area contributed by atoms with E-state index in [9.17, 15) is 9.36 Å². The third kappa shape index (κ3) is 2.65. The van der Waals surface area contributed by atoms with Gasteiger partial charge in [-0.2, -0.15) is 0 Å². The van der Waals surface area contributed by atoms with Crippen LogP contribution in [-0.2, 0) is 14.1 Å².